The molecule has 0 atom stereocenters. The summed E-state index contributed by atoms with van der Waals surface area (Å²) in [5.74, 6) is -1.53. The third-order valence-corrected chi connectivity index (χ3v) is 4.61. The van der Waals surface area contributed by atoms with Gasteiger partial charge in [-0.25, -0.2) is 24.2 Å². The van der Waals surface area contributed by atoms with Crippen molar-refractivity contribution in [2.45, 2.75) is 6.92 Å². The molecule has 0 aliphatic carbocycles. The number of halogens is 2. The fraction of sp³-hybridized carbons (Fsp3) is 0.200. The highest BCUT2D eigenvalue weighted by Gasteiger charge is 2.18. The van der Waals surface area contributed by atoms with Crippen LogP contribution in [-0.4, -0.2) is 33.7 Å². The molecular formula is C20H18ClFN4O6. The zero-order valence-corrected chi connectivity index (χ0v) is 18.0. The maximum absolute atomic E-state index is 14.7. The van der Waals surface area contributed by atoms with Crippen molar-refractivity contribution in [2.75, 3.05) is 13.7 Å². The maximum atomic E-state index is 14.7. The zero-order chi connectivity index (χ0) is 23.4. The lowest BCUT2D eigenvalue weighted by atomic mass is 10.2. The van der Waals surface area contributed by atoms with E-state index in [1.165, 1.54) is 43.1 Å². The van der Waals surface area contributed by atoms with Gasteiger partial charge in [-0.1, -0.05) is 11.6 Å². The summed E-state index contributed by atoms with van der Waals surface area (Å²) in [5, 5.41) is -0.129. The van der Waals surface area contributed by atoms with Crippen LogP contribution in [0.25, 0.3) is 5.69 Å². The Morgan fingerprint density at radius 2 is 2.00 bits per heavy atom. The highest BCUT2D eigenvalue weighted by Crippen LogP contribution is 2.35. The largest absolute Gasteiger partial charge is 0.465 e. The first-order valence-corrected chi connectivity index (χ1v) is 9.47. The molecule has 32 heavy (non-hydrogen) atoms. The molecule has 12 heteroatoms. The van der Waals surface area contributed by atoms with Crippen molar-refractivity contribution < 1.29 is 23.5 Å². The highest BCUT2D eigenvalue weighted by atomic mass is 35.5. The second kappa shape index (κ2) is 9.62. The molecule has 2 heterocycles. The van der Waals surface area contributed by atoms with E-state index >= 15 is 0 Å². The van der Waals surface area contributed by atoms with Crippen LogP contribution in [0.3, 0.4) is 0 Å². The lowest BCUT2D eigenvalue weighted by Crippen LogP contribution is -2.38. The van der Waals surface area contributed by atoms with E-state index in [-0.39, 0.29) is 28.1 Å². The van der Waals surface area contributed by atoms with E-state index in [0.29, 0.717) is 10.3 Å². The molecule has 0 radical (unpaired) electrons. The first-order valence-electron chi connectivity index (χ1n) is 9.09. The van der Waals surface area contributed by atoms with E-state index in [1.54, 1.807) is 6.92 Å². The molecule has 0 saturated carbocycles. The Kier molecular flexibility index (Phi) is 6.91. The van der Waals surface area contributed by atoms with E-state index < -0.39 is 29.6 Å². The van der Waals surface area contributed by atoms with Gasteiger partial charge >= 0.3 is 5.69 Å². The number of hydrogen-bond acceptors (Lipinski definition) is 7. The minimum absolute atomic E-state index is 0.0517. The van der Waals surface area contributed by atoms with Gasteiger partial charge in [0, 0.05) is 31.1 Å². The topological polar surface area (TPSA) is 114 Å². The molecule has 168 valence electrons. The number of nitrogens with one attached hydrogen (secondary N) is 1. The van der Waals surface area contributed by atoms with Crippen LogP contribution >= 0.6 is 11.6 Å². The predicted molar refractivity (Wildman–Crippen MR) is 112 cm³/mol. The molecule has 0 aliphatic rings. The Labute approximate surface area is 185 Å². The zero-order valence-electron chi connectivity index (χ0n) is 17.2. The fourth-order valence-corrected chi connectivity index (χ4v) is 2.87. The number of pyridine rings is 1. The van der Waals surface area contributed by atoms with Crippen LogP contribution in [-0.2, 0) is 16.7 Å². The Hall–Kier alpha value is -3.70. The van der Waals surface area contributed by atoms with Gasteiger partial charge < -0.3 is 14.0 Å². The third kappa shape index (κ3) is 4.79. The molecule has 2 aromatic heterocycles. The molecular weight excluding hydrogens is 447 g/mol. The van der Waals surface area contributed by atoms with E-state index in [1.807, 2.05) is 0 Å². The Morgan fingerprint density at radius 3 is 2.72 bits per heavy atom. The maximum Gasteiger partial charge on any atom is 0.335 e. The predicted octanol–water partition coefficient (Wildman–Crippen LogP) is 1.88. The van der Waals surface area contributed by atoms with Crippen LogP contribution in [0.1, 0.15) is 5.69 Å². The van der Waals surface area contributed by atoms with Crippen LogP contribution < -0.4 is 26.2 Å². The third-order valence-electron chi connectivity index (χ3n) is 4.31. The fourth-order valence-electron chi connectivity index (χ4n) is 2.68. The summed E-state index contributed by atoms with van der Waals surface area (Å²) in [4.78, 5) is 45.0. The van der Waals surface area contributed by atoms with Crippen LogP contribution in [0.15, 0.2) is 46.1 Å². The minimum atomic E-state index is -0.899. The quantitative estimate of drug-likeness (QED) is 0.531. The van der Waals surface area contributed by atoms with Gasteiger partial charge in [-0.2, -0.15) is 0 Å². The number of carbonyl (C=O) groups is 1. The second-order valence-corrected chi connectivity index (χ2v) is 6.87. The summed E-state index contributed by atoms with van der Waals surface area (Å²) in [6, 6.07) is 6.25. The molecule has 10 nitrogen and oxygen atoms in total. The summed E-state index contributed by atoms with van der Waals surface area (Å²) < 4.78 is 27.6. The molecule has 1 amide bonds. The van der Waals surface area contributed by atoms with Crippen molar-refractivity contribution >= 4 is 17.5 Å². The van der Waals surface area contributed by atoms with E-state index in [4.69, 9.17) is 21.1 Å². The number of aromatic nitrogens is 3. The number of benzene rings is 1. The van der Waals surface area contributed by atoms with Gasteiger partial charge in [0.25, 0.3) is 17.3 Å². The van der Waals surface area contributed by atoms with E-state index in [9.17, 15) is 18.8 Å². The number of hydroxylamine groups is 1. The summed E-state index contributed by atoms with van der Waals surface area (Å²) in [6.07, 6.45) is 1.41. The highest BCUT2D eigenvalue weighted by molar-refractivity contribution is 6.32. The van der Waals surface area contributed by atoms with Crippen LogP contribution in [0.4, 0.5) is 4.39 Å². The molecule has 0 spiro atoms. The Morgan fingerprint density at radius 1 is 1.25 bits per heavy atom. The van der Waals surface area contributed by atoms with Crippen molar-refractivity contribution in [1.82, 2.24) is 19.6 Å². The average molecular weight is 465 g/mol. The SMILES string of the molecule is CONC(=O)COc1ncccc1Oc1cc(-n2c(=O)cc(C)n(C)c2=O)c(F)cc1Cl. The van der Waals surface area contributed by atoms with Gasteiger partial charge in [-0.15, -0.1) is 0 Å². The number of aryl methyl sites for hydroxylation is 1. The van der Waals surface area contributed by atoms with Crippen LogP contribution in [0.5, 0.6) is 17.4 Å². The Bertz CT molecular complexity index is 1290. The number of amides is 1. The standard InChI is InChI=1S/C20H18ClFN4O6/c1-11-7-18(28)26(20(29)25(11)2)14-9-16(12(21)8-13(14)22)32-15-5-4-6-23-19(15)31-10-17(27)24-30-3/h4-9H,10H2,1-3H3,(H,24,27). The lowest BCUT2D eigenvalue weighted by Gasteiger charge is -2.15. The van der Waals surface area contributed by atoms with E-state index in [2.05, 4.69) is 15.3 Å². The van der Waals surface area contributed by atoms with E-state index in [0.717, 1.165) is 12.1 Å². The van der Waals surface area contributed by atoms with Gasteiger partial charge in [0.15, 0.2) is 12.4 Å². The average Bonchev–Trinajstić information content (AvgIpc) is 2.74. The second-order valence-electron chi connectivity index (χ2n) is 6.46. The number of carbonyl (C=O) groups excluding carboxylic acids is 1. The van der Waals surface area contributed by atoms with Crippen molar-refractivity contribution in [3.05, 3.63) is 73.9 Å². The molecule has 0 aliphatic heterocycles. The van der Waals surface area contributed by atoms with Gasteiger partial charge in [0.2, 0.25) is 0 Å². The molecule has 1 aromatic carbocycles. The van der Waals surface area contributed by atoms with Crippen molar-refractivity contribution in [2.24, 2.45) is 7.05 Å². The molecule has 0 bridgehead atoms. The van der Waals surface area contributed by atoms with Crippen molar-refractivity contribution in [3.63, 3.8) is 0 Å². The monoisotopic (exact) mass is 464 g/mol. The lowest BCUT2D eigenvalue weighted by molar-refractivity contribution is -0.133. The Balaban J connectivity index is 2.01. The van der Waals surface area contributed by atoms with Crippen LogP contribution in [0.2, 0.25) is 5.02 Å². The van der Waals surface area contributed by atoms with Crippen molar-refractivity contribution in [1.29, 1.82) is 0 Å². The molecule has 3 aromatic rings. The molecule has 3 rings (SSSR count). The first-order chi connectivity index (χ1) is 15.2. The number of rotatable bonds is 7. The number of nitrogens with zero attached hydrogens (tertiary/aromatic N) is 3. The smallest absolute Gasteiger partial charge is 0.335 e. The summed E-state index contributed by atoms with van der Waals surface area (Å²) in [6.45, 7) is 1.16. The normalized spacial score (nSPS) is 10.7. The molecule has 0 saturated heterocycles. The van der Waals surface area contributed by atoms with Crippen molar-refractivity contribution in [3.8, 4) is 23.1 Å². The van der Waals surface area contributed by atoms with Gasteiger partial charge in [0.05, 0.1) is 17.8 Å². The number of hydrogen-bond donors (Lipinski definition) is 1. The van der Waals surface area contributed by atoms with Gasteiger partial charge in [-0.05, 0) is 25.1 Å². The minimum Gasteiger partial charge on any atom is -0.465 e. The molecule has 1 N–H and O–H groups in total. The summed E-state index contributed by atoms with van der Waals surface area (Å²) >= 11 is 6.12. The van der Waals surface area contributed by atoms with Crippen LogP contribution in [0, 0.1) is 12.7 Å². The van der Waals surface area contributed by atoms with Gasteiger partial charge in [0.1, 0.15) is 11.6 Å². The van der Waals surface area contributed by atoms with Gasteiger partial charge in [-0.3, -0.25) is 14.4 Å². The number of ether oxygens (including phenoxy) is 2. The first kappa shape index (κ1) is 23.0. The molecule has 0 fully saturated rings. The summed E-state index contributed by atoms with van der Waals surface area (Å²) in [7, 11) is 2.73. The molecule has 0 unspecified atom stereocenters. The summed E-state index contributed by atoms with van der Waals surface area (Å²) in [5.41, 5.74) is 0.698.